The number of fused-ring (bicyclic) bond motifs is 1. The lowest BCUT2D eigenvalue weighted by Gasteiger charge is -2.14. The minimum Gasteiger partial charge on any atom is -0.490 e. The molecular weight excluding hydrogens is 467 g/mol. The van der Waals surface area contributed by atoms with Crippen LogP contribution in [0.1, 0.15) is 17.3 Å². The number of para-hydroxylation sites is 2. The van der Waals surface area contributed by atoms with Crippen molar-refractivity contribution in [3.05, 3.63) is 75.9 Å². The summed E-state index contributed by atoms with van der Waals surface area (Å²) in [6, 6.07) is 20.5. The molecule has 0 bridgehead atoms. The quantitative estimate of drug-likeness (QED) is 0.233. The maximum Gasteiger partial charge on any atom is 0.343 e. The van der Waals surface area contributed by atoms with Crippen LogP contribution in [0.5, 0.6) is 11.5 Å². The molecule has 4 aromatic rings. The van der Waals surface area contributed by atoms with Crippen LogP contribution < -0.4 is 9.47 Å². The summed E-state index contributed by atoms with van der Waals surface area (Å²) in [5, 5.41) is 0. The van der Waals surface area contributed by atoms with Gasteiger partial charge in [0.25, 0.3) is 0 Å². The third-order valence-corrected chi connectivity index (χ3v) is 4.98. The molecule has 3 aromatic carbocycles. The summed E-state index contributed by atoms with van der Waals surface area (Å²) in [5.74, 6) is 1.24. The normalized spacial score (nSPS) is 10.8. The summed E-state index contributed by atoms with van der Waals surface area (Å²) in [7, 11) is 0. The first-order valence-electron chi connectivity index (χ1n) is 8.84. The van der Waals surface area contributed by atoms with Gasteiger partial charge in [-0.3, -0.25) is 0 Å². The summed E-state index contributed by atoms with van der Waals surface area (Å²) < 4.78 is 12.2. The van der Waals surface area contributed by atoms with Gasteiger partial charge in [-0.1, -0.05) is 30.3 Å². The first-order valence-corrected chi connectivity index (χ1v) is 9.92. The zero-order valence-corrected chi connectivity index (χ0v) is 17.3. The Balaban J connectivity index is 1.72. The molecule has 4 rings (SSSR count). The van der Waals surface area contributed by atoms with E-state index in [1.165, 1.54) is 0 Å². The second kappa shape index (κ2) is 8.02. The van der Waals surface area contributed by atoms with Crippen molar-refractivity contribution in [1.82, 2.24) is 9.97 Å². The van der Waals surface area contributed by atoms with Crippen LogP contribution in [0.2, 0.25) is 0 Å². The number of hydrogen-bond acceptors (Lipinski definition) is 4. The number of rotatable bonds is 5. The van der Waals surface area contributed by atoms with Crippen molar-refractivity contribution in [2.75, 3.05) is 6.61 Å². The molecule has 5 nitrogen and oxygen atoms in total. The fraction of sp³-hybridized carbons (Fsp3) is 0.0909. The smallest absolute Gasteiger partial charge is 0.343 e. The van der Waals surface area contributed by atoms with E-state index in [-0.39, 0.29) is 0 Å². The van der Waals surface area contributed by atoms with E-state index in [4.69, 9.17) is 9.47 Å². The van der Waals surface area contributed by atoms with Crippen LogP contribution in [0, 0.1) is 3.57 Å². The summed E-state index contributed by atoms with van der Waals surface area (Å²) in [6.07, 6.45) is 0. The molecule has 0 atom stereocenters. The van der Waals surface area contributed by atoms with Crippen LogP contribution in [0.4, 0.5) is 0 Å². The van der Waals surface area contributed by atoms with Gasteiger partial charge in [-0.2, -0.15) is 0 Å². The minimum absolute atomic E-state index is 0.413. The molecule has 0 aliphatic heterocycles. The standard InChI is InChI=1S/C22H17IN2O3/c1-2-27-19-13-15(21-24-17-10-6-7-11-18(17)25-21)12-16(23)20(19)28-22(26)14-8-4-3-5-9-14/h3-13H,2H2,1H3,(H,24,25). The second-order valence-corrected chi connectivity index (χ2v) is 7.24. The van der Waals surface area contributed by atoms with E-state index >= 15 is 0 Å². The van der Waals surface area contributed by atoms with Gasteiger partial charge in [-0.15, -0.1) is 0 Å². The number of esters is 1. The molecular formula is C22H17IN2O3. The van der Waals surface area contributed by atoms with Crippen molar-refractivity contribution >= 4 is 39.6 Å². The Morgan fingerprint density at radius 3 is 2.57 bits per heavy atom. The Bertz CT molecular complexity index is 1110. The van der Waals surface area contributed by atoms with Crippen LogP contribution >= 0.6 is 22.6 Å². The van der Waals surface area contributed by atoms with Crippen LogP contribution in [-0.2, 0) is 0 Å². The van der Waals surface area contributed by atoms with Gasteiger partial charge in [0.1, 0.15) is 5.82 Å². The number of carbonyl (C=O) groups excluding carboxylic acids is 1. The molecule has 0 fully saturated rings. The van der Waals surface area contributed by atoms with Gasteiger partial charge in [0, 0.05) is 5.56 Å². The van der Waals surface area contributed by atoms with Crippen LogP contribution in [0.3, 0.4) is 0 Å². The topological polar surface area (TPSA) is 64.2 Å². The monoisotopic (exact) mass is 484 g/mol. The van der Waals surface area contributed by atoms with E-state index in [1.54, 1.807) is 24.3 Å². The van der Waals surface area contributed by atoms with E-state index in [0.29, 0.717) is 23.7 Å². The molecule has 1 heterocycles. The molecule has 0 spiro atoms. The Labute approximate surface area is 175 Å². The molecule has 1 N–H and O–H groups in total. The fourth-order valence-electron chi connectivity index (χ4n) is 2.88. The average Bonchev–Trinajstić information content (AvgIpc) is 3.15. The third-order valence-electron chi connectivity index (χ3n) is 4.18. The maximum absolute atomic E-state index is 12.5. The number of hydrogen-bond donors (Lipinski definition) is 1. The number of nitrogens with one attached hydrogen (secondary N) is 1. The SMILES string of the molecule is CCOc1cc(-c2nc3ccccc3[nH]2)cc(I)c1OC(=O)c1ccccc1. The Hall–Kier alpha value is -2.87. The summed E-state index contributed by atoms with van der Waals surface area (Å²) in [6.45, 7) is 2.35. The highest BCUT2D eigenvalue weighted by Crippen LogP contribution is 2.37. The third kappa shape index (κ3) is 3.73. The largest absolute Gasteiger partial charge is 0.490 e. The Kier molecular flexibility index (Phi) is 5.29. The van der Waals surface area contributed by atoms with Crippen LogP contribution in [0.15, 0.2) is 66.7 Å². The van der Waals surface area contributed by atoms with Crippen molar-refractivity contribution in [1.29, 1.82) is 0 Å². The number of carbonyl (C=O) groups is 1. The maximum atomic E-state index is 12.5. The molecule has 140 valence electrons. The highest BCUT2D eigenvalue weighted by atomic mass is 127. The van der Waals surface area contributed by atoms with Crippen molar-refractivity contribution in [2.24, 2.45) is 0 Å². The zero-order valence-electron chi connectivity index (χ0n) is 15.1. The van der Waals surface area contributed by atoms with E-state index in [1.807, 2.05) is 49.4 Å². The summed E-state index contributed by atoms with van der Waals surface area (Å²) in [4.78, 5) is 20.5. The van der Waals surface area contributed by atoms with Crippen LogP contribution in [0.25, 0.3) is 22.4 Å². The lowest BCUT2D eigenvalue weighted by Crippen LogP contribution is -2.10. The molecule has 0 saturated heterocycles. The Morgan fingerprint density at radius 2 is 1.82 bits per heavy atom. The van der Waals surface area contributed by atoms with Crippen molar-refractivity contribution in [3.63, 3.8) is 0 Å². The first kappa shape index (κ1) is 18.5. The number of ether oxygens (including phenoxy) is 2. The first-order chi connectivity index (χ1) is 13.7. The van der Waals surface area contributed by atoms with E-state index < -0.39 is 5.97 Å². The van der Waals surface area contributed by atoms with Gasteiger partial charge < -0.3 is 14.5 Å². The highest BCUT2D eigenvalue weighted by Gasteiger charge is 2.18. The van der Waals surface area contributed by atoms with Crippen molar-refractivity contribution in [2.45, 2.75) is 6.92 Å². The fourth-order valence-corrected chi connectivity index (χ4v) is 3.59. The number of imidazole rings is 1. The lowest BCUT2D eigenvalue weighted by atomic mass is 10.2. The van der Waals surface area contributed by atoms with E-state index in [9.17, 15) is 4.79 Å². The van der Waals surface area contributed by atoms with Gasteiger partial charge in [0.2, 0.25) is 0 Å². The molecule has 0 radical (unpaired) electrons. The highest BCUT2D eigenvalue weighted by molar-refractivity contribution is 14.1. The molecule has 0 amide bonds. The predicted molar refractivity (Wildman–Crippen MR) is 117 cm³/mol. The average molecular weight is 484 g/mol. The van der Waals surface area contributed by atoms with Gasteiger partial charge in [-0.05, 0) is 65.9 Å². The predicted octanol–water partition coefficient (Wildman–Crippen LogP) is 5.45. The van der Waals surface area contributed by atoms with Crippen LogP contribution in [-0.4, -0.2) is 22.5 Å². The van der Waals surface area contributed by atoms with E-state index in [0.717, 1.165) is 26.0 Å². The molecule has 0 unspecified atom stereocenters. The van der Waals surface area contributed by atoms with Gasteiger partial charge in [0.05, 0.1) is 26.8 Å². The van der Waals surface area contributed by atoms with Gasteiger partial charge >= 0.3 is 5.97 Å². The molecule has 0 aliphatic carbocycles. The molecule has 28 heavy (non-hydrogen) atoms. The van der Waals surface area contributed by atoms with Crippen molar-refractivity contribution in [3.8, 4) is 22.9 Å². The molecule has 6 heteroatoms. The number of aromatic amines is 1. The van der Waals surface area contributed by atoms with Gasteiger partial charge in [-0.25, -0.2) is 9.78 Å². The minimum atomic E-state index is -0.420. The summed E-state index contributed by atoms with van der Waals surface area (Å²) >= 11 is 2.15. The number of benzene rings is 3. The van der Waals surface area contributed by atoms with E-state index in [2.05, 4.69) is 32.6 Å². The number of nitrogens with zero attached hydrogens (tertiary/aromatic N) is 1. The number of halogens is 1. The number of H-pyrrole nitrogens is 1. The molecule has 0 aliphatic rings. The Morgan fingerprint density at radius 1 is 1.07 bits per heavy atom. The summed E-state index contributed by atoms with van der Waals surface area (Å²) in [5.41, 5.74) is 3.21. The number of aromatic nitrogens is 2. The lowest BCUT2D eigenvalue weighted by molar-refractivity contribution is 0.0727. The molecule has 0 saturated carbocycles. The molecule has 1 aromatic heterocycles. The zero-order chi connectivity index (χ0) is 19.5. The van der Waals surface area contributed by atoms with Gasteiger partial charge in [0.15, 0.2) is 11.5 Å². The van der Waals surface area contributed by atoms with Crippen molar-refractivity contribution < 1.29 is 14.3 Å². The second-order valence-electron chi connectivity index (χ2n) is 6.08.